The van der Waals surface area contributed by atoms with E-state index in [-0.39, 0.29) is 0 Å². The van der Waals surface area contributed by atoms with Gasteiger partial charge in [0.25, 0.3) is 0 Å². The van der Waals surface area contributed by atoms with Crippen molar-refractivity contribution in [2.24, 2.45) is 23.7 Å². The number of rotatable bonds is 2. The Morgan fingerprint density at radius 3 is 2.58 bits per heavy atom. The summed E-state index contributed by atoms with van der Waals surface area (Å²) in [6.07, 6.45) is 11.5. The Morgan fingerprint density at radius 2 is 1.92 bits per heavy atom. The van der Waals surface area contributed by atoms with E-state index >= 15 is 0 Å². The first-order valence-corrected chi connectivity index (χ1v) is 4.78. The van der Waals surface area contributed by atoms with Gasteiger partial charge in [-0.3, -0.25) is 0 Å². The van der Waals surface area contributed by atoms with Gasteiger partial charge < -0.3 is 0 Å². The maximum atomic E-state index is 3.91. The lowest BCUT2D eigenvalue weighted by Gasteiger charge is -2.14. The standard InChI is InChI=1S/C12H16/c1-3-9-8-10(4-2)12-7-5-6-11(9)12/h3-6,9-12H,1-2,7-8H2/t9?,10?,11-,12+/m0/s1. The fourth-order valence-corrected chi connectivity index (χ4v) is 2.78. The van der Waals surface area contributed by atoms with Crippen LogP contribution in [0.1, 0.15) is 12.8 Å². The predicted octanol–water partition coefficient (Wildman–Crippen LogP) is 3.19. The molecule has 0 aromatic carbocycles. The third-order valence-corrected chi connectivity index (χ3v) is 3.46. The van der Waals surface area contributed by atoms with Gasteiger partial charge in [-0.25, -0.2) is 0 Å². The lowest BCUT2D eigenvalue weighted by molar-refractivity contribution is 0.414. The average molecular weight is 160 g/mol. The van der Waals surface area contributed by atoms with Crippen LogP contribution >= 0.6 is 0 Å². The van der Waals surface area contributed by atoms with Gasteiger partial charge in [-0.1, -0.05) is 24.3 Å². The first kappa shape index (κ1) is 7.85. The first-order chi connectivity index (χ1) is 5.86. The molecule has 2 aliphatic rings. The number of hydrogen-bond donors (Lipinski definition) is 0. The van der Waals surface area contributed by atoms with Crippen LogP contribution in [0.5, 0.6) is 0 Å². The lowest BCUT2D eigenvalue weighted by atomic mass is 9.90. The fraction of sp³-hybridized carbons (Fsp3) is 0.500. The first-order valence-electron chi connectivity index (χ1n) is 4.78. The third-order valence-electron chi connectivity index (χ3n) is 3.46. The van der Waals surface area contributed by atoms with Gasteiger partial charge >= 0.3 is 0 Å². The van der Waals surface area contributed by atoms with E-state index in [1.807, 2.05) is 0 Å². The Balaban J connectivity index is 2.19. The Labute approximate surface area is 74.7 Å². The number of allylic oxidation sites excluding steroid dienone is 4. The van der Waals surface area contributed by atoms with Gasteiger partial charge in [-0.15, -0.1) is 13.2 Å². The molecule has 0 spiro atoms. The molecule has 0 heteroatoms. The second-order valence-corrected chi connectivity index (χ2v) is 3.94. The molecule has 0 heterocycles. The summed E-state index contributed by atoms with van der Waals surface area (Å²) in [5.41, 5.74) is 0. The molecular formula is C12H16. The van der Waals surface area contributed by atoms with Crippen molar-refractivity contribution in [3.05, 3.63) is 37.5 Å². The van der Waals surface area contributed by atoms with Crippen LogP contribution in [-0.2, 0) is 0 Å². The molecule has 4 atom stereocenters. The lowest BCUT2D eigenvalue weighted by Crippen LogP contribution is -2.08. The van der Waals surface area contributed by atoms with Crippen LogP contribution in [0, 0.1) is 23.7 Å². The minimum Gasteiger partial charge on any atom is -0.103 e. The van der Waals surface area contributed by atoms with E-state index in [0.29, 0.717) is 5.92 Å². The maximum absolute atomic E-state index is 3.91. The molecule has 2 unspecified atom stereocenters. The van der Waals surface area contributed by atoms with Crippen LogP contribution in [0.3, 0.4) is 0 Å². The molecule has 2 aliphatic carbocycles. The molecular weight excluding hydrogens is 144 g/mol. The van der Waals surface area contributed by atoms with E-state index in [1.54, 1.807) is 0 Å². The van der Waals surface area contributed by atoms with Gasteiger partial charge in [0.1, 0.15) is 0 Å². The van der Waals surface area contributed by atoms with Crippen molar-refractivity contribution < 1.29 is 0 Å². The van der Waals surface area contributed by atoms with Gasteiger partial charge in [0.15, 0.2) is 0 Å². The molecule has 2 rings (SSSR count). The van der Waals surface area contributed by atoms with Crippen molar-refractivity contribution >= 4 is 0 Å². The second kappa shape index (κ2) is 2.93. The summed E-state index contributed by atoms with van der Waals surface area (Å²) in [6, 6.07) is 0. The van der Waals surface area contributed by atoms with Crippen LogP contribution in [0.2, 0.25) is 0 Å². The molecule has 0 nitrogen and oxygen atoms in total. The summed E-state index contributed by atoms with van der Waals surface area (Å²) in [4.78, 5) is 0. The van der Waals surface area contributed by atoms with Crippen molar-refractivity contribution in [3.8, 4) is 0 Å². The second-order valence-electron chi connectivity index (χ2n) is 3.94. The largest absolute Gasteiger partial charge is 0.103 e. The molecule has 0 N–H and O–H groups in total. The van der Waals surface area contributed by atoms with Crippen LogP contribution in [0.15, 0.2) is 37.5 Å². The normalized spacial score (nSPS) is 44.3. The molecule has 12 heavy (non-hydrogen) atoms. The Morgan fingerprint density at radius 1 is 1.17 bits per heavy atom. The summed E-state index contributed by atoms with van der Waals surface area (Å²) in [7, 11) is 0. The summed E-state index contributed by atoms with van der Waals surface area (Å²) in [5, 5.41) is 0. The van der Waals surface area contributed by atoms with Crippen molar-refractivity contribution in [3.63, 3.8) is 0 Å². The summed E-state index contributed by atoms with van der Waals surface area (Å²) < 4.78 is 0. The highest BCUT2D eigenvalue weighted by Crippen LogP contribution is 2.48. The molecule has 0 bridgehead atoms. The molecule has 0 aromatic rings. The zero-order valence-electron chi connectivity index (χ0n) is 7.45. The SMILES string of the molecule is C=CC1CC(C=C)[C@@H]2C=CC[C@H]12. The van der Waals surface area contributed by atoms with E-state index in [0.717, 1.165) is 17.8 Å². The molecule has 1 fully saturated rings. The Kier molecular flexibility index (Phi) is 1.92. The number of hydrogen-bond acceptors (Lipinski definition) is 0. The van der Waals surface area contributed by atoms with Crippen molar-refractivity contribution in [1.29, 1.82) is 0 Å². The van der Waals surface area contributed by atoms with Crippen molar-refractivity contribution in [2.75, 3.05) is 0 Å². The zero-order chi connectivity index (χ0) is 8.55. The molecule has 0 amide bonds. The summed E-state index contributed by atoms with van der Waals surface area (Å²) >= 11 is 0. The maximum Gasteiger partial charge on any atom is -0.0133 e. The quantitative estimate of drug-likeness (QED) is 0.544. The molecule has 0 radical (unpaired) electrons. The van der Waals surface area contributed by atoms with Crippen molar-refractivity contribution in [1.82, 2.24) is 0 Å². The van der Waals surface area contributed by atoms with E-state index in [2.05, 4.69) is 37.5 Å². The van der Waals surface area contributed by atoms with E-state index in [4.69, 9.17) is 0 Å². The minimum atomic E-state index is 0.705. The van der Waals surface area contributed by atoms with Crippen LogP contribution in [0.4, 0.5) is 0 Å². The zero-order valence-corrected chi connectivity index (χ0v) is 7.45. The van der Waals surface area contributed by atoms with Crippen LogP contribution in [0.25, 0.3) is 0 Å². The molecule has 0 aliphatic heterocycles. The van der Waals surface area contributed by atoms with Gasteiger partial charge in [-0.05, 0) is 36.5 Å². The van der Waals surface area contributed by atoms with Gasteiger partial charge in [0.2, 0.25) is 0 Å². The van der Waals surface area contributed by atoms with Gasteiger partial charge in [0.05, 0.1) is 0 Å². The highest BCUT2D eigenvalue weighted by molar-refractivity contribution is 5.14. The van der Waals surface area contributed by atoms with Gasteiger partial charge in [0, 0.05) is 0 Å². The van der Waals surface area contributed by atoms with Crippen LogP contribution in [-0.4, -0.2) is 0 Å². The third kappa shape index (κ3) is 0.979. The van der Waals surface area contributed by atoms with Crippen molar-refractivity contribution in [2.45, 2.75) is 12.8 Å². The molecule has 1 saturated carbocycles. The predicted molar refractivity (Wildman–Crippen MR) is 52.7 cm³/mol. The van der Waals surface area contributed by atoms with E-state index in [1.165, 1.54) is 12.8 Å². The Bertz CT molecular complexity index is 224. The highest BCUT2D eigenvalue weighted by atomic mass is 14.4. The monoisotopic (exact) mass is 160 g/mol. The summed E-state index contributed by atoms with van der Waals surface area (Å²) in [6.45, 7) is 7.81. The highest BCUT2D eigenvalue weighted by Gasteiger charge is 2.40. The topological polar surface area (TPSA) is 0 Å². The van der Waals surface area contributed by atoms with E-state index < -0.39 is 0 Å². The van der Waals surface area contributed by atoms with Gasteiger partial charge in [-0.2, -0.15) is 0 Å². The summed E-state index contributed by atoms with van der Waals surface area (Å²) in [5.74, 6) is 3.04. The minimum absolute atomic E-state index is 0.705. The number of fused-ring (bicyclic) bond motifs is 1. The smallest absolute Gasteiger partial charge is 0.0133 e. The molecule has 64 valence electrons. The molecule has 0 aromatic heterocycles. The molecule has 0 saturated heterocycles. The fourth-order valence-electron chi connectivity index (χ4n) is 2.78. The Hall–Kier alpha value is -0.780. The van der Waals surface area contributed by atoms with Crippen LogP contribution < -0.4 is 0 Å². The average Bonchev–Trinajstić information content (AvgIpc) is 2.63. The van der Waals surface area contributed by atoms with E-state index in [9.17, 15) is 0 Å².